The molecule has 168 valence electrons. The Kier molecular flexibility index (Phi) is 9.60. The van der Waals surface area contributed by atoms with Crippen molar-refractivity contribution in [3.63, 3.8) is 0 Å². The number of rotatable bonds is 12. The van der Waals surface area contributed by atoms with E-state index < -0.39 is 22.1 Å². The number of benzene rings is 2. The van der Waals surface area contributed by atoms with Crippen molar-refractivity contribution in [3.8, 4) is 0 Å². The van der Waals surface area contributed by atoms with E-state index >= 15 is 0 Å². The molecule has 0 aliphatic carbocycles. The molecule has 0 fully saturated rings. The van der Waals surface area contributed by atoms with Crippen LogP contribution in [0.4, 0.5) is 11.4 Å². The normalized spacial score (nSPS) is 13.0. The molecular weight excluding hydrogens is 451 g/mol. The average molecular weight is 473 g/mol. The number of nitro groups is 2. The zero-order valence-corrected chi connectivity index (χ0v) is 18.5. The fourth-order valence-corrected chi connectivity index (χ4v) is 3.59. The molecule has 2 aromatic rings. The molecular formula is C20H22Cl2N2O7. The van der Waals surface area contributed by atoms with E-state index in [4.69, 9.17) is 37.4 Å². The largest absolute Gasteiger partial charge is 0.375 e. The second kappa shape index (κ2) is 11.9. The van der Waals surface area contributed by atoms with E-state index in [9.17, 15) is 20.2 Å². The van der Waals surface area contributed by atoms with Gasteiger partial charge < -0.3 is 14.2 Å². The Morgan fingerprint density at radius 1 is 0.806 bits per heavy atom. The molecule has 2 unspecified atom stereocenters. The number of nitrogens with zero attached hydrogens (tertiary/aromatic N) is 2. The van der Waals surface area contributed by atoms with Crippen LogP contribution in [0.25, 0.3) is 0 Å². The first-order valence-corrected chi connectivity index (χ1v) is 10.2. The van der Waals surface area contributed by atoms with Gasteiger partial charge in [0.2, 0.25) is 0 Å². The van der Waals surface area contributed by atoms with E-state index in [0.717, 1.165) is 0 Å². The first-order valence-electron chi connectivity index (χ1n) is 9.15. The Hall–Kier alpha value is -2.30. The van der Waals surface area contributed by atoms with Crippen molar-refractivity contribution in [1.29, 1.82) is 0 Å². The number of non-ortho nitro benzene ring substituents is 2. The van der Waals surface area contributed by atoms with Crippen LogP contribution in [0, 0.1) is 20.2 Å². The van der Waals surface area contributed by atoms with Gasteiger partial charge >= 0.3 is 0 Å². The highest BCUT2D eigenvalue weighted by atomic mass is 35.5. The summed E-state index contributed by atoms with van der Waals surface area (Å²) in [5, 5.41) is 22.0. The SMILES string of the molecule is COC(COCC(OC)c1ccc([N+](=O)[O-])cc1CCl)c1ccc([N+](=O)[O-])cc1CCl. The van der Waals surface area contributed by atoms with Gasteiger partial charge in [0.1, 0.15) is 12.2 Å². The third kappa shape index (κ3) is 6.34. The number of hydrogen-bond acceptors (Lipinski definition) is 7. The van der Waals surface area contributed by atoms with E-state index in [1.54, 1.807) is 12.1 Å². The molecule has 0 N–H and O–H groups in total. The van der Waals surface area contributed by atoms with E-state index in [0.29, 0.717) is 22.3 Å². The van der Waals surface area contributed by atoms with E-state index in [1.165, 1.54) is 38.5 Å². The fraction of sp³-hybridized carbons (Fsp3) is 0.400. The third-order valence-electron chi connectivity index (χ3n) is 4.76. The van der Waals surface area contributed by atoms with Gasteiger partial charge in [0.05, 0.1) is 23.1 Å². The van der Waals surface area contributed by atoms with Crippen LogP contribution >= 0.6 is 23.2 Å². The maximum Gasteiger partial charge on any atom is 0.269 e. The summed E-state index contributed by atoms with van der Waals surface area (Å²) in [7, 11) is 3.01. The van der Waals surface area contributed by atoms with E-state index in [2.05, 4.69) is 0 Å². The zero-order valence-electron chi connectivity index (χ0n) is 17.0. The molecule has 0 aromatic heterocycles. The maximum atomic E-state index is 11.0. The lowest BCUT2D eigenvalue weighted by Gasteiger charge is -2.22. The monoisotopic (exact) mass is 472 g/mol. The summed E-state index contributed by atoms with van der Waals surface area (Å²) in [5.74, 6) is 0.166. The molecule has 0 spiro atoms. The van der Waals surface area contributed by atoms with Crippen LogP contribution < -0.4 is 0 Å². The summed E-state index contributed by atoms with van der Waals surface area (Å²) < 4.78 is 16.8. The molecule has 0 bridgehead atoms. The van der Waals surface area contributed by atoms with Crippen molar-refractivity contribution in [2.24, 2.45) is 0 Å². The van der Waals surface area contributed by atoms with E-state index in [1.807, 2.05) is 0 Å². The molecule has 0 aliphatic rings. The van der Waals surface area contributed by atoms with Gasteiger partial charge in [0, 0.05) is 50.2 Å². The van der Waals surface area contributed by atoms with Crippen LogP contribution in [-0.4, -0.2) is 37.3 Å². The maximum absolute atomic E-state index is 11.0. The minimum atomic E-state index is -0.503. The quantitative estimate of drug-likeness (QED) is 0.240. The Bertz CT molecular complexity index is 853. The molecule has 0 saturated carbocycles. The Morgan fingerprint density at radius 2 is 1.19 bits per heavy atom. The topological polar surface area (TPSA) is 114 Å². The third-order valence-corrected chi connectivity index (χ3v) is 5.34. The molecule has 9 nitrogen and oxygen atoms in total. The highest BCUT2D eigenvalue weighted by Gasteiger charge is 2.21. The lowest BCUT2D eigenvalue weighted by molar-refractivity contribution is -0.385. The van der Waals surface area contributed by atoms with Crippen molar-refractivity contribution in [3.05, 3.63) is 78.9 Å². The number of hydrogen-bond donors (Lipinski definition) is 0. The molecule has 31 heavy (non-hydrogen) atoms. The Morgan fingerprint density at radius 3 is 1.48 bits per heavy atom. The van der Waals surface area contributed by atoms with Crippen molar-refractivity contribution >= 4 is 34.6 Å². The molecule has 2 aromatic carbocycles. The molecule has 11 heteroatoms. The highest BCUT2D eigenvalue weighted by molar-refractivity contribution is 6.17. The van der Waals surface area contributed by atoms with Gasteiger partial charge in [-0.25, -0.2) is 0 Å². The smallest absolute Gasteiger partial charge is 0.269 e. The molecule has 0 aliphatic heterocycles. The van der Waals surface area contributed by atoms with Crippen LogP contribution in [-0.2, 0) is 26.0 Å². The van der Waals surface area contributed by atoms with Crippen molar-refractivity contribution < 1.29 is 24.1 Å². The van der Waals surface area contributed by atoms with Gasteiger partial charge in [-0.15, -0.1) is 23.2 Å². The summed E-state index contributed by atoms with van der Waals surface area (Å²) >= 11 is 11.9. The highest BCUT2D eigenvalue weighted by Crippen LogP contribution is 2.29. The summed E-state index contributed by atoms with van der Waals surface area (Å²) in [6.07, 6.45) is -1.01. The van der Waals surface area contributed by atoms with Gasteiger partial charge in [-0.05, 0) is 34.4 Å². The molecule has 0 heterocycles. The van der Waals surface area contributed by atoms with Crippen LogP contribution in [0.5, 0.6) is 0 Å². The lowest BCUT2D eigenvalue weighted by Crippen LogP contribution is -2.17. The lowest BCUT2D eigenvalue weighted by atomic mass is 10.0. The number of ether oxygens (including phenoxy) is 3. The molecule has 0 saturated heterocycles. The number of alkyl halides is 2. The fourth-order valence-electron chi connectivity index (χ4n) is 3.12. The second-order valence-electron chi connectivity index (χ2n) is 6.53. The van der Waals surface area contributed by atoms with Crippen molar-refractivity contribution in [1.82, 2.24) is 0 Å². The van der Waals surface area contributed by atoms with Gasteiger partial charge in [-0.2, -0.15) is 0 Å². The van der Waals surface area contributed by atoms with E-state index in [-0.39, 0.29) is 36.3 Å². The number of nitro benzene ring substituents is 2. The summed E-state index contributed by atoms with van der Waals surface area (Å²) in [6.45, 7) is 0.280. The molecule has 2 atom stereocenters. The summed E-state index contributed by atoms with van der Waals surface area (Å²) in [6, 6.07) is 8.80. The molecule has 2 rings (SSSR count). The number of methoxy groups -OCH3 is 2. The van der Waals surface area contributed by atoms with Crippen LogP contribution in [0.3, 0.4) is 0 Å². The first kappa shape index (κ1) is 25.0. The zero-order chi connectivity index (χ0) is 23.0. The Labute approximate surface area is 189 Å². The Balaban J connectivity index is 2.13. The summed E-state index contributed by atoms with van der Waals surface area (Å²) in [5.41, 5.74) is 2.43. The first-order chi connectivity index (χ1) is 14.9. The minimum absolute atomic E-state index is 0.0543. The van der Waals surface area contributed by atoms with Crippen LogP contribution in [0.15, 0.2) is 36.4 Å². The van der Waals surface area contributed by atoms with Crippen molar-refractivity contribution in [2.45, 2.75) is 24.0 Å². The summed E-state index contributed by atoms with van der Waals surface area (Å²) in [4.78, 5) is 21.0. The van der Waals surface area contributed by atoms with Crippen LogP contribution in [0.2, 0.25) is 0 Å². The minimum Gasteiger partial charge on any atom is -0.375 e. The predicted octanol–water partition coefficient (Wildman–Crippen LogP) is 5.07. The molecule has 0 amide bonds. The number of halogens is 2. The van der Waals surface area contributed by atoms with Gasteiger partial charge in [0.25, 0.3) is 11.4 Å². The standard InChI is InChI=1S/C20H22Cl2N2O7/c1-29-19(17-5-3-15(23(25)26)7-13(17)9-21)11-31-12-20(30-2)18-6-4-16(24(27)28)8-14(18)10-22/h3-8,19-20H,9-12H2,1-2H3. The van der Waals surface area contributed by atoms with Crippen LogP contribution in [0.1, 0.15) is 34.5 Å². The van der Waals surface area contributed by atoms with Crippen molar-refractivity contribution in [2.75, 3.05) is 27.4 Å². The predicted molar refractivity (Wildman–Crippen MR) is 116 cm³/mol. The van der Waals surface area contributed by atoms with Gasteiger partial charge in [0.15, 0.2) is 0 Å². The van der Waals surface area contributed by atoms with Gasteiger partial charge in [-0.1, -0.05) is 0 Å². The average Bonchev–Trinajstić information content (AvgIpc) is 2.78. The second-order valence-corrected chi connectivity index (χ2v) is 7.07. The van der Waals surface area contributed by atoms with Gasteiger partial charge in [-0.3, -0.25) is 20.2 Å². The molecule has 0 radical (unpaired) electrons.